The number of hydrogen-bond acceptors (Lipinski definition) is 5. The highest BCUT2D eigenvalue weighted by atomic mass is 31.2. The Morgan fingerprint density at radius 3 is 1.83 bits per heavy atom. The fourth-order valence-electron chi connectivity index (χ4n) is 1.85. The molecule has 1 rings (SSSR count). The summed E-state index contributed by atoms with van der Waals surface area (Å²) in [5, 5.41) is 2.57. The first kappa shape index (κ1) is 20.8. The summed E-state index contributed by atoms with van der Waals surface area (Å²) in [5.74, 6) is -0.434. The molecule has 0 aliphatic carbocycles. The Balaban J connectivity index is 3.23. The predicted molar refractivity (Wildman–Crippen MR) is 91.0 cm³/mol. The maximum atomic E-state index is 11.7. The Labute approximate surface area is 140 Å². The third-order valence-corrected chi connectivity index (χ3v) is 5.70. The molecule has 0 spiro atoms. The summed E-state index contributed by atoms with van der Waals surface area (Å²) in [7, 11) is -5.45. The van der Waals surface area contributed by atoms with E-state index < -0.39 is 21.1 Å². The Hall–Kier alpha value is -1.27. The van der Waals surface area contributed by atoms with Crippen LogP contribution in [0.4, 0.5) is 5.69 Å². The van der Waals surface area contributed by atoms with E-state index in [4.69, 9.17) is 0 Å². The van der Waals surface area contributed by atoms with Gasteiger partial charge in [-0.3, -0.25) is 13.9 Å². The third kappa shape index (κ3) is 6.69. The van der Waals surface area contributed by atoms with Crippen molar-refractivity contribution >= 4 is 26.8 Å². The molecule has 0 radical (unpaired) electrons. The molecule has 0 saturated heterocycles. The first-order chi connectivity index (χ1) is 11.0. The van der Waals surface area contributed by atoms with Crippen molar-refractivity contribution in [1.82, 2.24) is 0 Å². The van der Waals surface area contributed by atoms with Crippen LogP contribution < -0.4 is 5.32 Å². The Morgan fingerprint density at radius 2 is 1.50 bits per heavy atom. The SMILES string of the molecule is C=C(C)C(=O)Nc1cc(CP(=O)(O)OC)cc(CP(=O)(O)OC)c1. The molecule has 2 unspecified atom stereocenters. The third-order valence-electron chi connectivity index (χ3n) is 3.03. The molecule has 24 heavy (non-hydrogen) atoms. The molecule has 0 aliphatic rings. The zero-order valence-electron chi connectivity index (χ0n) is 13.7. The number of hydrogen-bond donors (Lipinski definition) is 3. The van der Waals surface area contributed by atoms with Gasteiger partial charge in [0.2, 0.25) is 0 Å². The van der Waals surface area contributed by atoms with Crippen LogP contribution in [0.15, 0.2) is 30.4 Å². The van der Waals surface area contributed by atoms with Crippen molar-refractivity contribution in [2.45, 2.75) is 19.2 Å². The lowest BCUT2D eigenvalue weighted by atomic mass is 10.1. The van der Waals surface area contributed by atoms with Crippen molar-refractivity contribution in [3.63, 3.8) is 0 Å². The maximum Gasteiger partial charge on any atom is 0.332 e. The standard InChI is InChI=1S/C14H21NO7P2/c1-10(2)14(16)15-13-6-11(8-23(17,18)21-3)5-12(7-13)9-24(19,20)22-4/h5-7H,1,8-9H2,2-4H3,(H,15,16)(H,17,18)(H,19,20). The highest BCUT2D eigenvalue weighted by Crippen LogP contribution is 2.47. The fourth-order valence-corrected chi connectivity index (χ4v) is 3.39. The van der Waals surface area contributed by atoms with Crippen molar-refractivity contribution in [1.29, 1.82) is 0 Å². The smallest absolute Gasteiger partial charge is 0.324 e. The zero-order valence-corrected chi connectivity index (χ0v) is 15.5. The summed E-state index contributed by atoms with van der Waals surface area (Å²) in [6, 6.07) is 4.46. The molecule has 0 aromatic heterocycles. The molecule has 0 bridgehead atoms. The number of carbonyl (C=O) groups is 1. The number of anilines is 1. The van der Waals surface area contributed by atoms with E-state index in [0.29, 0.717) is 16.8 Å². The van der Waals surface area contributed by atoms with E-state index in [-0.39, 0.29) is 17.9 Å². The van der Waals surface area contributed by atoms with Crippen LogP contribution in [0.5, 0.6) is 0 Å². The van der Waals surface area contributed by atoms with E-state index in [9.17, 15) is 23.7 Å². The van der Waals surface area contributed by atoms with E-state index in [2.05, 4.69) is 20.9 Å². The minimum absolute atomic E-state index is 0.274. The molecular weight excluding hydrogens is 356 g/mol. The second-order valence-corrected chi connectivity index (χ2v) is 9.14. The van der Waals surface area contributed by atoms with Gasteiger partial charge < -0.3 is 24.2 Å². The van der Waals surface area contributed by atoms with Crippen LogP contribution in [0.25, 0.3) is 0 Å². The van der Waals surface area contributed by atoms with Crippen LogP contribution in [0.3, 0.4) is 0 Å². The normalized spacial score (nSPS) is 16.0. The average molecular weight is 377 g/mol. The predicted octanol–water partition coefficient (Wildman–Crippen LogP) is 2.86. The molecular formula is C14H21NO7P2. The molecule has 8 nitrogen and oxygen atoms in total. The Kier molecular flexibility index (Phi) is 7.10. The van der Waals surface area contributed by atoms with Crippen LogP contribution in [0.2, 0.25) is 0 Å². The monoisotopic (exact) mass is 377 g/mol. The van der Waals surface area contributed by atoms with E-state index >= 15 is 0 Å². The summed E-state index contributed by atoms with van der Waals surface area (Å²) < 4.78 is 32.6. The molecule has 2 atom stereocenters. The van der Waals surface area contributed by atoms with Gasteiger partial charge in [-0.1, -0.05) is 12.6 Å². The van der Waals surface area contributed by atoms with E-state index in [0.717, 1.165) is 14.2 Å². The maximum absolute atomic E-state index is 11.7. The molecule has 1 aromatic carbocycles. The van der Waals surface area contributed by atoms with Gasteiger partial charge >= 0.3 is 15.2 Å². The van der Waals surface area contributed by atoms with Crippen LogP contribution >= 0.6 is 15.2 Å². The summed E-state index contributed by atoms with van der Waals surface area (Å²) in [5.41, 5.74) is 1.32. The van der Waals surface area contributed by atoms with Gasteiger partial charge in [-0.25, -0.2) is 0 Å². The summed E-state index contributed by atoms with van der Waals surface area (Å²) >= 11 is 0. The number of carbonyl (C=O) groups excluding carboxylic acids is 1. The number of nitrogens with one attached hydrogen (secondary N) is 1. The highest BCUT2D eigenvalue weighted by molar-refractivity contribution is 7.52. The lowest BCUT2D eigenvalue weighted by molar-refractivity contribution is -0.112. The van der Waals surface area contributed by atoms with Gasteiger partial charge in [0.25, 0.3) is 5.91 Å². The van der Waals surface area contributed by atoms with Gasteiger partial charge in [0.1, 0.15) is 0 Å². The van der Waals surface area contributed by atoms with E-state index in [1.807, 2.05) is 0 Å². The van der Waals surface area contributed by atoms with Crippen LogP contribution in [0, 0.1) is 0 Å². The summed E-state index contributed by atoms with van der Waals surface area (Å²) in [6.45, 7) is 5.05. The van der Waals surface area contributed by atoms with Crippen molar-refractivity contribution in [2.24, 2.45) is 0 Å². The van der Waals surface area contributed by atoms with Crippen molar-refractivity contribution in [3.8, 4) is 0 Å². The lowest BCUT2D eigenvalue weighted by Gasteiger charge is -2.15. The Morgan fingerprint density at radius 1 is 1.08 bits per heavy atom. The second-order valence-electron chi connectivity index (χ2n) is 5.23. The van der Waals surface area contributed by atoms with Crippen LogP contribution in [-0.2, 0) is 35.3 Å². The second kappa shape index (κ2) is 8.21. The molecule has 0 saturated carbocycles. The first-order valence-corrected chi connectivity index (χ1v) is 10.4. The van der Waals surface area contributed by atoms with E-state index in [1.165, 1.54) is 25.1 Å². The van der Waals surface area contributed by atoms with Gasteiger partial charge in [-0.15, -0.1) is 0 Å². The molecule has 1 aromatic rings. The lowest BCUT2D eigenvalue weighted by Crippen LogP contribution is -2.12. The van der Waals surface area contributed by atoms with Crippen molar-refractivity contribution in [2.75, 3.05) is 19.5 Å². The average Bonchev–Trinajstić information content (AvgIpc) is 2.45. The quantitative estimate of drug-likeness (QED) is 0.470. The summed E-state index contributed by atoms with van der Waals surface area (Å²) in [4.78, 5) is 31.0. The zero-order chi connectivity index (χ0) is 18.5. The molecule has 0 aliphatic heterocycles. The van der Waals surface area contributed by atoms with Gasteiger partial charge in [0.05, 0.1) is 12.3 Å². The van der Waals surface area contributed by atoms with Gasteiger partial charge in [0.15, 0.2) is 0 Å². The molecule has 0 fully saturated rings. The van der Waals surface area contributed by atoms with Gasteiger partial charge in [0, 0.05) is 25.5 Å². The largest absolute Gasteiger partial charge is 0.332 e. The number of benzene rings is 1. The first-order valence-electron chi connectivity index (χ1n) is 6.83. The highest BCUT2D eigenvalue weighted by Gasteiger charge is 2.22. The molecule has 3 N–H and O–H groups in total. The minimum Gasteiger partial charge on any atom is -0.324 e. The van der Waals surface area contributed by atoms with Crippen LogP contribution in [0.1, 0.15) is 18.1 Å². The molecule has 134 valence electrons. The van der Waals surface area contributed by atoms with Gasteiger partial charge in [-0.05, 0) is 30.2 Å². The molecule has 10 heteroatoms. The fraction of sp³-hybridized carbons (Fsp3) is 0.357. The number of amides is 1. The van der Waals surface area contributed by atoms with Crippen LogP contribution in [-0.4, -0.2) is 29.9 Å². The van der Waals surface area contributed by atoms with Crippen molar-refractivity contribution in [3.05, 3.63) is 41.5 Å². The van der Waals surface area contributed by atoms with Crippen molar-refractivity contribution < 1.29 is 32.8 Å². The minimum atomic E-state index is -3.84. The summed E-state index contributed by atoms with van der Waals surface area (Å²) in [6.07, 6.45) is -0.619. The molecule has 1 amide bonds. The van der Waals surface area contributed by atoms with E-state index in [1.54, 1.807) is 0 Å². The Bertz CT molecular complexity index is 688. The molecule has 0 heterocycles. The van der Waals surface area contributed by atoms with Gasteiger partial charge in [-0.2, -0.15) is 0 Å². The topological polar surface area (TPSA) is 122 Å². The number of rotatable bonds is 8.